The molecule has 1 amide bonds. The average Bonchev–Trinajstić information content (AvgIpc) is 2.38. The maximum atomic E-state index is 12.6. The zero-order valence-electron chi connectivity index (χ0n) is 12.3. The van der Waals surface area contributed by atoms with Crippen molar-refractivity contribution in [2.45, 2.75) is 23.5 Å². The minimum atomic E-state index is -0.499. The summed E-state index contributed by atoms with van der Waals surface area (Å²) in [6.07, 6.45) is 0.842. The zero-order valence-corrected chi connectivity index (χ0v) is 13.2. The highest BCUT2D eigenvalue weighted by Gasteiger charge is 2.39. The van der Waals surface area contributed by atoms with Crippen LogP contribution in [0.5, 0.6) is 0 Å². The molecule has 5 heteroatoms. The van der Waals surface area contributed by atoms with E-state index >= 15 is 0 Å². The summed E-state index contributed by atoms with van der Waals surface area (Å²) in [4.78, 5) is 28.4. The Bertz CT molecular complexity index is 541. The molecule has 0 atom stereocenters. The summed E-state index contributed by atoms with van der Waals surface area (Å²) >= 11 is 1.53. The second-order valence-electron chi connectivity index (χ2n) is 5.72. The van der Waals surface area contributed by atoms with Gasteiger partial charge in [0.25, 0.3) is 0 Å². The maximum absolute atomic E-state index is 12.6. The molecule has 2 rings (SSSR count). The number of hydrogen-bond donors (Lipinski definition) is 0. The number of carbonyl (C=O) groups excluding carboxylic acids is 2. The summed E-state index contributed by atoms with van der Waals surface area (Å²) in [5.74, 6) is 0.121. The largest absolute Gasteiger partial charge is 0.309 e. The molecule has 1 aromatic rings. The van der Waals surface area contributed by atoms with Gasteiger partial charge in [-0.3, -0.25) is 9.59 Å². The van der Waals surface area contributed by atoms with Crippen molar-refractivity contribution >= 4 is 29.6 Å². The molecule has 0 spiro atoms. The van der Waals surface area contributed by atoms with Crippen LogP contribution < -0.4 is 4.90 Å². The number of rotatable bonds is 4. The van der Waals surface area contributed by atoms with Crippen LogP contribution in [0.15, 0.2) is 23.1 Å². The Hall–Kier alpha value is -1.33. The van der Waals surface area contributed by atoms with Crippen molar-refractivity contribution in [1.82, 2.24) is 4.90 Å². The van der Waals surface area contributed by atoms with Crippen LogP contribution >= 0.6 is 11.8 Å². The van der Waals surface area contributed by atoms with E-state index in [0.29, 0.717) is 12.1 Å². The summed E-state index contributed by atoms with van der Waals surface area (Å²) < 4.78 is -0.499. The molecule has 108 valence electrons. The molecule has 0 N–H and O–H groups in total. The van der Waals surface area contributed by atoms with E-state index in [4.69, 9.17) is 0 Å². The average molecular weight is 292 g/mol. The molecule has 0 radical (unpaired) electrons. The van der Waals surface area contributed by atoms with Crippen molar-refractivity contribution in [3.8, 4) is 0 Å². The molecule has 20 heavy (non-hydrogen) atoms. The first-order valence-electron chi connectivity index (χ1n) is 6.60. The van der Waals surface area contributed by atoms with E-state index < -0.39 is 4.75 Å². The lowest BCUT2D eigenvalue weighted by atomic mass is 10.1. The van der Waals surface area contributed by atoms with E-state index in [2.05, 4.69) is 4.90 Å². The fourth-order valence-corrected chi connectivity index (χ4v) is 3.41. The summed E-state index contributed by atoms with van der Waals surface area (Å²) in [5.41, 5.74) is 1.56. The highest BCUT2D eigenvalue weighted by atomic mass is 32.2. The number of fused-ring (bicyclic) bond motifs is 1. The second-order valence-corrected chi connectivity index (χ2v) is 7.38. The number of anilines is 1. The number of likely N-dealkylation sites (N-methyl/N-ethyl adjacent to an activating group) is 1. The Morgan fingerprint density at radius 3 is 2.65 bits per heavy atom. The highest BCUT2D eigenvalue weighted by Crippen LogP contribution is 2.45. The first-order chi connectivity index (χ1) is 9.35. The molecule has 0 bridgehead atoms. The molecule has 0 saturated carbocycles. The SMILES string of the molecule is CN(C)CCN1C(=O)C(C)(C)Sc2cc(C=O)ccc21. The van der Waals surface area contributed by atoms with Crippen molar-refractivity contribution in [3.05, 3.63) is 23.8 Å². The van der Waals surface area contributed by atoms with E-state index in [1.807, 2.05) is 45.0 Å². The first kappa shape index (κ1) is 15.1. The molecule has 1 aromatic carbocycles. The van der Waals surface area contributed by atoms with Gasteiger partial charge in [-0.25, -0.2) is 0 Å². The number of carbonyl (C=O) groups is 2. The number of nitrogens with zero attached hydrogens (tertiary/aromatic N) is 2. The van der Waals surface area contributed by atoms with Gasteiger partial charge < -0.3 is 9.80 Å². The van der Waals surface area contributed by atoms with Crippen molar-refractivity contribution in [1.29, 1.82) is 0 Å². The number of benzene rings is 1. The molecule has 4 nitrogen and oxygen atoms in total. The topological polar surface area (TPSA) is 40.6 Å². The zero-order chi connectivity index (χ0) is 14.9. The van der Waals surface area contributed by atoms with Crippen LogP contribution in [0.4, 0.5) is 5.69 Å². The highest BCUT2D eigenvalue weighted by molar-refractivity contribution is 8.01. The molecule has 1 aliphatic heterocycles. The molecule has 1 heterocycles. The fraction of sp³-hybridized carbons (Fsp3) is 0.467. The van der Waals surface area contributed by atoms with Gasteiger partial charge in [0.15, 0.2) is 0 Å². The third-order valence-electron chi connectivity index (χ3n) is 3.31. The van der Waals surface area contributed by atoms with Gasteiger partial charge in [0, 0.05) is 23.5 Å². The lowest BCUT2D eigenvalue weighted by molar-refractivity contribution is -0.120. The number of hydrogen-bond acceptors (Lipinski definition) is 4. The third kappa shape index (κ3) is 2.88. The molecule has 0 fully saturated rings. The number of amides is 1. The van der Waals surface area contributed by atoms with Crippen molar-refractivity contribution < 1.29 is 9.59 Å². The molecular formula is C15H20N2O2S. The van der Waals surface area contributed by atoms with Gasteiger partial charge in [0.05, 0.1) is 10.4 Å². The van der Waals surface area contributed by atoms with Crippen LogP contribution in [-0.4, -0.2) is 49.0 Å². The van der Waals surface area contributed by atoms with Crippen molar-refractivity contribution in [3.63, 3.8) is 0 Å². The lowest BCUT2D eigenvalue weighted by Crippen LogP contribution is -2.48. The van der Waals surface area contributed by atoms with Gasteiger partial charge >= 0.3 is 0 Å². The van der Waals surface area contributed by atoms with Crippen LogP contribution in [0.25, 0.3) is 0 Å². The van der Waals surface area contributed by atoms with E-state index in [9.17, 15) is 9.59 Å². The molecule has 0 saturated heterocycles. The summed E-state index contributed by atoms with van der Waals surface area (Å²) in [6, 6.07) is 5.50. The molecule has 0 aromatic heterocycles. The van der Waals surface area contributed by atoms with Gasteiger partial charge in [0.2, 0.25) is 5.91 Å². The lowest BCUT2D eigenvalue weighted by Gasteiger charge is -2.38. The van der Waals surface area contributed by atoms with Crippen LogP contribution in [-0.2, 0) is 4.79 Å². The fourth-order valence-electron chi connectivity index (χ4n) is 2.18. The Balaban J connectivity index is 2.40. The van der Waals surface area contributed by atoms with Crippen molar-refractivity contribution in [2.24, 2.45) is 0 Å². The quantitative estimate of drug-likeness (QED) is 0.798. The summed E-state index contributed by atoms with van der Waals surface area (Å²) in [7, 11) is 3.98. The third-order valence-corrected chi connectivity index (χ3v) is 4.54. The van der Waals surface area contributed by atoms with Crippen LogP contribution in [0, 0.1) is 0 Å². The van der Waals surface area contributed by atoms with Crippen LogP contribution in [0.2, 0.25) is 0 Å². The predicted molar refractivity (Wildman–Crippen MR) is 82.7 cm³/mol. The predicted octanol–water partition coefficient (Wildman–Crippen LogP) is 2.28. The van der Waals surface area contributed by atoms with Gasteiger partial charge in [-0.1, -0.05) is 0 Å². The Labute approximate surface area is 124 Å². The van der Waals surface area contributed by atoms with Gasteiger partial charge in [-0.15, -0.1) is 11.8 Å². The first-order valence-corrected chi connectivity index (χ1v) is 7.42. The Morgan fingerprint density at radius 2 is 2.05 bits per heavy atom. The minimum absolute atomic E-state index is 0.121. The Kier molecular flexibility index (Phi) is 4.20. The monoisotopic (exact) mass is 292 g/mol. The number of thioether (sulfide) groups is 1. The molecule has 1 aliphatic rings. The standard InChI is InChI=1S/C15H20N2O2S/c1-15(2)14(19)17(8-7-16(3)4)12-6-5-11(10-18)9-13(12)20-15/h5-6,9-10H,7-8H2,1-4H3. The van der Waals surface area contributed by atoms with Crippen molar-refractivity contribution in [2.75, 3.05) is 32.1 Å². The van der Waals surface area contributed by atoms with E-state index in [0.717, 1.165) is 23.4 Å². The number of aldehydes is 1. The van der Waals surface area contributed by atoms with E-state index in [1.54, 1.807) is 6.07 Å². The van der Waals surface area contributed by atoms with Gasteiger partial charge in [-0.2, -0.15) is 0 Å². The van der Waals surface area contributed by atoms with E-state index in [-0.39, 0.29) is 5.91 Å². The summed E-state index contributed by atoms with van der Waals surface area (Å²) in [5, 5.41) is 0. The smallest absolute Gasteiger partial charge is 0.243 e. The molecular weight excluding hydrogens is 272 g/mol. The normalized spacial score (nSPS) is 17.2. The van der Waals surface area contributed by atoms with Crippen LogP contribution in [0.1, 0.15) is 24.2 Å². The van der Waals surface area contributed by atoms with Gasteiger partial charge in [0.1, 0.15) is 6.29 Å². The van der Waals surface area contributed by atoms with Crippen LogP contribution in [0.3, 0.4) is 0 Å². The second kappa shape index (κ2) is 5.58. The molecule has 0 aliphatic carbocycles. The summed E-state index contributed by atoms with van der Waals surface area (Å²) in [6.45, 7) is 5.32. The molecule has 0 unspecified atom stereocenters. The minimum Gasteiger partial charge on any atom is -0.309 e. The van der Waals surface area contributed by atoms with E-state index in [1.165, 1.54) is 11.8 Å². The Morgan fingerprint density at radius 1 is 1.35 bits per heavy atom. The van der Waals surface area contributed by atoms with Gasteiger partial charge in [-0.05, 0) is 46.1 Å². The maximum Gasteiger partial charge on any atom is 0.243 e.